The summed E-state index contributed by atoms with van der Waals surface area (Å²) in [6.45, 7) is 2.13. The van der Waals surface area contributed by atoms with Gasteiger partial charge in [-0.2, -0.15) is 0 Å². The van der Waals surface area contributed by atoms with Crippen molar-refractivity contribution >= 4 is 6.08 Å². The number of aliphatic hydroxyl groups excluding tert-OH is 1. The lowest BCUT2D eigenvalue weighted by molar-refractivity contribution is 0.399. The Labute approximate surface area is 85.8 Å². The van der Waals surface area contributed by atoms with E-state index in [9.17, 15) is 0 Å². The van der Waals surface area contributed by atoms with E-state index in [1.807, 2.05) is 24.3 Å². The highest BCUT2D eigenvalue weighted by Crippen LogP contribution is 2.12. The van der Waals surface area contributed by atoms with Crippen LogP contribution in [0, 0.1) is 0 Å². The predicted molar refractivity (Wildman–Crippen MR) is 60.5 cm³/mol. The molecule has 1 rings (SSSR count). The number of rotatable bonds is 3. The Morgan fingerprint density at radius 2 is 1.79 bits per heavy atom. The lowest BCUT2D eigenvalue weighted by atomic mass is 10.2. The molecule has 0 aromatic heterocycles. The third kappa shape index (κ3) is 4.67. The molecule has 0 bridgehead atoms. The van der Waals surface area contributed by atoms with Crippen molar-refractivity contribution in [3.63, 3.8) is 0 Å². The van der Waals surface area contributed by atoms with E-state index in [4.69, 9.17) is 9.84 Å². The van der Waals surface area contributed by atoms with Crippen molar-refractivity contribution in [3.8, 4) is 5.75 Å². The molecule has 14 heavy (non-hydrogen) atoms. The van der Waals surface area contributed by atoms with Crippen LogP contribution in [-0.4, -0.2) is 19.3 Å². The normalized spacial score (nSPS) is 9.43. The fourth-order valence-electron chi connectivity index (χ4n) is 0.969. The Bertz CT molecular complexity index is 250. The molecule has 1 aromatic carbocycles. The van der Waals surface area contributed by atoms with Gasteiger partial charge < -0.3 is 9.84 Å². The van der Waals surface area contributed by atoms with E-state index < -0.39 is 0 Å². The van der Waals surface area contributed by atoms with Crippen molar-refractivity contribution < 1.29 is 9.84 Å². The number of allylic oxidation sites excluding steroid dienone is 1. The molecule has 0 spiro atoms. The van der Waals surface area contributed by atoms with Crippen molar-refractivity contribution in [2.24, 2.45) is 0 Å². The summed E-state index contributed by atoms with van der Waals surface area (Å²) in [5.41, 5.74) is 1.22. The molecule has 0 heterocycles. The van der Waals surface area contributed by atoms with Gasteiger partial charge in [-0.25, -0.2) is 0 Å². The second-order valence-corrected chi connectivity index (χ2v) is 2.58. The third-order valence-corrected chi connectivity index (χ3v) is 1.66. The molecule has 0 aliphatic heterocycles. The van der Waals surface area contributed by atoms with Gasteiger partial charge in [0.2, 0.25) is 0 Å². The van der Waals surface area contributed by atoms with E-state index in [1.165, 1.54) is 5.56 Å². The molecule has 0 saturated heterocycles. The van der Waals surface area contributed by atoms with Crippen molar-refractivity contribution in [1.29, 1.82) is 0 Å². The van der Waals surface area contributed by atoms with Crippen molar-refractivity contribution in [2.45, 2.75) is 13.3 Å². The van der Waals surface area contributed by atoms with E-state index in [0.717, 1.165) is 19.3 Å². The lowest BCUT2D eigenvalue weighted by Crippen LogP contribution is -1.81. The molecule has 0 unspecified atom stereocenters. The van der Waals surface area contributed by atoms with Crippen LogP contribution in [0.3, 0.4) is 0 Å². The summed E-state index contributed by atoms with van der Waals surface area (Å²) in [6, 6.07) is 8.03. The molecule has 0 saturated carbocycles. The standard InChI is InChI=1S/C11H14O.CH4O/c1-3-4-5-10-6-8-11(12-2)9-7-10;1-2/h4-9H,3H2,1-2H3;2H,1H3/b5-4+;. The molecule has 0 radical (unpaired) electrons. The Hall–Kier alpha value is -1.28. The van der Waals surface area contributed by atoms with Crippen molar-refractivity contribution in [2.75, 3.05) is 14.2 Å². The molecule has 0 aliphatic carbocycles. The first kappa shape index (κ1) is 12.7. The zero-order valence-electron chi connectivity index (χ0n) is 9.03. The zero-order valence-corrected chi connectivity index (χ0v) is 9.03. The summed E-state index contributed by atoms with van der Waals surface area (Å²) >= 11 is 0. The second-order valence-electron chi connectivity index (χ2n) is 2.58. The first-order chi connectivity index (χ1) is 6.86. The van der Waals surface area contributed by atoms with Crippen LogP contribution >= 0.6 is 0 Å². The summed E-state index contributed by atoms with van der Waals surface area (Å²) in [6.07, 6.45) is 5.33. The largest absolute Gasteiger partial charge is 0.497 e. The maximum Gasteiger partial charge on any atom is 0.118 e. The van der Waals surface area contributed by atoms with E-state index in [2.05, 4.69) is 19.1 Å². The minimum absolute atomic E-state index is 0.906. The van der Waals surface area contributed by atoms with Crippen molar-refractivity contribution in [1.82, 2.24) is 0 Å². The SMILES string of the molecule is CC/C=C/c1ccc(OC)cc1.CO. The van der Waals surface area contributed by atoms with Gasteiger partial charge in [0, 0.05) is 7.11 Å². The van der Waals surface area contributed by atoms with Crippen LogP contribution < -0.4 is 4.74 Å². The van der Waals surface area contributed by atoms with Crippen molar-refractivity contribution in [3.05, 3.63) is 35.9 Å². The summed E-state index contributed by atoms with van der Waals surface area (Å²) in [5, 5.41) is 7.00. The van der Waals surface area contributed by atoms with E-state index in [0.29, 0.717) is 0 Å². The van der Waals surface area contributed by atoms with Gasteiger partial charge in [0.15, 0.2) is 0 Å². The topological polar surface area (TPSA) is 29.5 Å². The van der Waals surface area contributed by atoms with Gasteiger partial charge in [0.25, 0.3) is 0 Å². The van der Waals surface area contributed by atoms with E-state index >= 15 is 0 Å². The Morgan fingerprint density at radius 1 is 1.21 bits per heavy atom. The van der Waals surface area contributed by atoms with Gasteiger partial charge in [0.1, 0.15) is 5.75 Å². The van der Waals surface area contributed by atoms with Crippen LogP contribution in [0.15, 0.2) is 30.3 Å². The van der Waals surface area contributed by atoms with Gasteiger partial charge in [-0.15, -0.1) is 0 Å². The second kappa shape index (κ2) is 8.32. The highest BCUT2D eigenvalue weighted by Gasteiger charge is 1.88. The van der Waals surface area contributed by atoms with Crippen LogP contribution in [0.5, 0.6) is 5.75 Å². The van der Waals surface area contributed by atoms with Crippen LogP contribution in [0.2, 0.25) is 0 Å². The van der Waals surface area contributed by atoms with Gasteiger partial charge >= 0.3 is 0 Å². The molecule has 1 N–H and O–H groups in total. The number of aliphatic hydroxyl groups is 1. The summed E-state index contributed by atoms with van der Waals surface area (Å²) in [5.74, 6) is 0.906. The average molecular weight is 194 g/mol. The molecular weight excluding hydrogens is 176 g/mol. The number of methoxy groups -OCH3 is 1. The summed E-state index contributed by atoms with van der Waals surface area (Å²) < 4.78 is 5.05. The zero-order chi connectivity index (χ0) is 10.8. The molecule has 0 fully saturated rings. The molecule has 78 valence electrons. The Kier molecular flexibility index (Phi) is 7.56. The average Bonchev–Trinajstić information content (AvgIpc) is 2.30. The van der Waals surface area contributed by atoms with Gasteiger partial charge in [-0.3, -0.25) is 0 Å². The monoisotopic (exact) mass is 194 g/mol. The summed E-state index contributed by atoms with van der Waals surface area (Å²) in [7, 11) is 2.68. The first-order valence-electron chi connectivity index (χ1n) is 4.62. The maximum absolute atomic E-state index is 7.00. The van der Waals surface area contributed by atoms with Crippen LogP contribution in [0.1, 0.15) is 18.9 Å². The fraction of sp³-hybridized carbons (Fsp3) is 0.333. The summed E-state index contributed by atoms with van der Waals surface area (Å²) in [4.78, 5) is 0. The quantitative estimate of drug-likeness (QED) is 0.801. The number of hydrogen-bond donors (Lipinski definition) is 1. The fourth-order valence-corrected chi connectivity index (χ4v) is 0.969. The van der Waals surface area contributed by atoms with E-state index in [-0.39, 0.29) is 0 Å². The Balaban J connectivity index is 0.000000791. The van der Waals surface area contributed by atoms with E-state index in [1.54, 1.807) is 7.11 Å². The highest BCUT2D eigenvalue weighted by atomic mass is 16.5. The molecule has 2 nitrogen and oxygen atoms in total. The minimum atomic E-state index is 0.906. The number of hydrogen-bond acceptors (Lipinski definition) is 2. The van der Waals surface area contributed by atoms with Gasteiger partial charge in [-0.05, 0) is 24.1 Å². The number of benzene rings is 1. The van der Waals surface area contributed by atoms with Crippen LogP contribution in [0.4, 0.5) is 0 Å². The van der Waals surface area contributed by atoms with Crippen LogP contribution in [-0.2, 0) is 0 Å². The minimum Gasteiger partial charge on any atom is -0.497 e. The van der Waals surface area contributed by atoms with Gasteiger partial charge in [0.05, 0.1) is 7.11 Å². The smallest absolute Gasteiger partial charge is 0.118 e. The Morgan fingerprint density at radius 3 is 2.21 bits per heavy atom. The number of ether oxygens (including phenoxy) is 1. The maximum atomic E-state index is 7.00. The molecule has 0 amide bonds. The molecule has 1 aromatic rings. The molecule has 2 heteroatoms. The molecule has 0 atom stereocenters. The molecular formula is C12H18O2. The lowest BCUT2D eigenvalue weighted by Gasteiger charge is -1.98. The third-order valence-electron chi connectivity index (χ3n) is 1.66. The van der Waals surface area contributed by atoms with Gasteiger partial charge in [-0.1, -0.05) is 31.2 Å². The highest BCUT2D eigenvalue weighted by molar-refractivity contribution is 5.50. The predicted octanol–water partition coefficient (Wildman–Crippen LogP) is 2.73. The first-order valence-corrected chi connectivity index (χ1v) is 4.62. The van der Waals surface area contributed by atoms with Crippen LogP contribution in [0.25, 0.3) is 6.08 Å². The molecule has 0 aliphatic rings.